The lowest BCUT2D eigenvalue weighted by atomic mass is 9.90. The Hall–Kier alpha value is -8.43. The van der Waals surface area contributed by atoms with Crippen molar-refractivity contribution >= 4 is 70.9 Å². The van der Waals surface area contributed by atoms with Gasteiger partial charge < -0.3 is 64.8 Å². The molecule has 9 atom stereocenters. The number of rotatable bonds is 11. The van der Waals surface area contributed by atoms with Gasteiger partial charge >= 0.3 is 6.18 Å². The van der Waals surface area contributed by atoms with Crippen molar-refractivity contribution in [2.45, 2.75) is 197 Å². The molecule has 3 saturated heterocycles. The fourth-order valence-electron chi connectivity index (χ4n) is 15.3. The number of ether oxygens (including phenoxy) is 1. The number of hydrogen-bond acceptors (Lipinski definition) is 13. The van der Waals surface area contributed by atoms with Gasteiger partial charge in [0.15, 0.2) is 0 Å². The van der Waals surface area contributed by atoms with E-state index in [2.05, 4.69) is 16.0 Å². The standard InChI is InChI=1S/C74H105F3N12O13/c1-11-48(4)62-70(99)82(6)46-61(92)83(7)55-26-17-20-36-89(69(55)98)58(43-50-22-13-12-14-23-50)67(96)81(5)45-59(90)78-53(33-30-49-28-31-52(32-29-49)74(75,76)77)66(95)88-37-21-27-54(88)65(94)80-73(34-18-19-35-73)72(101)86(10)63(51-24-15-16-25-51)71(100)85(9)57(68(97)87-38-40-102-41-39-87)44-60(91)84(8)56(42-47(2)3)64(93)79-62/h12-14,17,20,22-23,28-29,31-32,47-48,51,53-58,62-63H,11,15-16,18-19,21,24-27,30,33-46H2,1-10H3,(H,78,90)(H,79,93)(H,80,94)/t48-,53-,54-,55-,56-,57-,58-,62+,63-/m0/s1. The number of amides is 12. The first-order chi connectivity index (χ1) is 48.4. The number of hydrogen-bond donors (Lipinski definition) is 3. The number of nitrogens with one attached hydrogen (secondary N) is 3. The average Bonchev–Trinajstić information content (AvgIpc) is 1.49. The second-order valence-corrected chi connectivity index (χ2v) is 29.2. The molecule has 2 aliphatic carbocycles. The van der Waals surface area contributed by atoms with Crippen molar-refractivity contribution in [3.8, 4) is 0 Å². The summed E-state index contributed by atoms with van der Waals surface area (Å²) >= 11 is 0. The van der Waals surface area contributed by atoms with Crippen molar-refractivity contribution in [3.05, 3.63) is 83.4 Å². The lowest BCUT2D eigenvalue weighted by Crippen LogP contribution is -2.65. The van der Waals surface area contributed by atoms with Crippen molar-refractivity contribution in [2.24, 2.45) is 17.8 Å². The fourth-order valence-corrected chi connectivity index (χ4v) is 15.3. The van der Waals surface area contributed by atoms with Gasteiger partial charge in [0.2, 0.25) is 70.9 Å². The Bertz CT molecular complexity index is 3380. The molecule has 12 amide bonds. The Morgan fingerprint density at radius 1 is 0.627 bits per heavy atom. The van der Waals surface area contributed by atoms with Gasteiger partial charge in [-0.25, -0.2) is 0 Å². The van der Waals surface area contributed by atoms with Gasteiger partial charge in [0, 0.05) is 74.9 Å². The van der Waals surface area contributed by atoms with Crippen LogP contribution in [0, 0.1) is 17.8 Å². The van der Waals surface area contributed by atoms with Gasteiger partial charge in [0.25, 0.3) is 0 Å². The Balaban J connectivity index is 1.19. The maximum absolute atomic E-state index is 15.7. The SMILES string of the molecule is CC[C@H](C)[C@H]1NC(=O)[C@H](CC(C)C)N(C)C(=O)C[C@@H](C(=O)N2CCOCC2)N(C)C(=O)[C@H](C2CCCC2)N(C)C(=O)C2(CCCC2)NC(=O)[C@@H]2CCCN2C(=O)[C@H](CCc2ccc(C(F)(F)F)cc2)NC(=O)CN(C)C(=O)[C@H](Cc2ccccc2)N2CC=CC[C@@H](C2=O)N(C)C(=O)CN(C)C1=O. The quantitative estimate of drug-likeness (QED) is 0.267. The number of nitrogens with zero attached hydrogens (tertiary/aromatic N) is 9. The van der Waals surface area contributed by atoms with E-state index in [0.29, 0.717) is 49.7 Å². The summed E-state index contributed by atoms with van der Waals surface area (Å²) in [5.41, 5.74) is -1.42. The zero-order valence-corrected chi connectivity index (χ0v) is 60.8. The van der Waals surface area contributed by atoms with E-state index in [1.54, 1.807) is 49.4 Å². The highest BCUT2D eigenvalue weighted by Gasteiger charge is 2.52. The second-order valence-electron chi connectivity index (χ2n) is 29.2. The Morgan fingerprint density at radius 3 is 1.90 bits per heavy atom. The van der Waals surface area contributed by atoms with Crippen LogP contribution in [-0.4, -0.2) is 264 Å². The third-order valence-electron chi connectivity index (χ3n) is 21.7. The number of halogens is 3. The highest BCUT2D eigenvalue weighted by molar-refractivity contribution is 6.01. The molecule has 560 valence electrons. The number of carbonyl (C=O) groups is 12. The summed E-state index contributed by atoms with van der Waals surface area (Å²) in [4.78, 5) is 192. The minimum atomic E-state index is -4.63. The number of fused-ring (bicyclic) bond motifs is 3. The van der Waals surface area contributed by atoms with Crippen LogP contribution in [0.4, 0.5) is 13.2 Å². The first-order valence-corrected chi connectivity index (χ1v) is 36.2. The number of aryl methyl sites for hydroxylation is 1. The number of alkyl halides is 3. The van der Waals surface area contributed by atoms with E-state index < -0.39 is 168 Å². The van der Waals surface area contributed by atoms with Crippen LogP contribution in [0.1, 0.15) is 141 Å². The van der Waals surface area contributed by atoms with Gasteiger partial charge in [0.05, 0.1) is 38.3 Å². The van der Waals surface area contributed by atoms with Crippen molar-refractivity contribution in [2.75, 3.05) is 94.8 Å². The van der Waals surface area contributed by atoms with Crippen LogP contribution in [0.3, 0.4) is 0 Å². The van der Waals surface area contributed by atoms with Crippen LogP contribution in [0.15, 0.2) is 66.7 Å². The summed E-state index contributed by atoms with van der Waals surface area (Å²) in [7, 11) is 8.52. The van der Waals surface area contributed by atoms with Gasteiger partial charge in [0.1, 0.15) is 53.9 Å². The highest BCUT2D eigenvalue weighted by atomic mass is 19.4. The molecule has 0 unspecified atom stereocenters. The Kier molecular flexibility index (Phi) is 27.3. The molecule has 2 aromatic rings. The summed E-state index contributed by atoms with van der Waals surface area (Å²) in [6, 6.07) is 3.02. The molecule has 4 heterocycles. The molecule has 0 aromatic heterocycles. The van der Waals surface area contributed by atoms with Crippen LogP contribution in [0.25, 0.3) is 0 Å². The molecule has 2 bridgehead atoms. The topological polar surface area (TPSA) is 279 Å². The van der Waals surface area contributed by atoms with Gasteiger partial charge in [-0.2, -0.15) is 13.2 Å². The Morgan fingerprint density at radius 2 is 1.27 bits per heavy atom. The van der Waals surface area contributed by atoms with Crippen LogP contribution in [-0.2, 0) is 81.3 Å². The van der Waals surface area contributed by atoms with E-state index in [0.717, 1.165) is 34.8 Å². The van der Waals surface area contributed by atoms with E-state index in [4.69, 9.17) is 4.74 Å². The molecule has 0 radical (unpaired) electrons. The highest BCUT2D eigenvalue weighted by Crippen LogP contribution is 2.38. The average molecular weight is 1430 g/mol. The summed E-state index contributed by atoms with van der Waals surface area (Å²) in [5, 5.41) is 8.77. The minimum absolute atomic E-state index is 0.0161. The molecule has 5 fully saturated rings. The largest absolute Gasteiger partial charge is 0.416 e. The van der Waals surface area contributed by atoms with Crippen molar-refractivity contribution in [1.29, 1.82) is 0 Å². The van der Waals surface area contributed by atoms with Crippen LogP contribution in [0.5, 0.6) is 0 Å². The van der Waals surface area contributed by atoms with Gasteiger partial charge in [-0.05, 0) is 105 Å². The van der Waals surface area contributed by atoms with Gasteiger partial charge in [-0.3, -0.25) is 57.5 Å². The molecule has 28 heteroatoms. The van der Waals surface area contributed by atoms with Crippen molar-refractivity contribution in [1.82, 2.24) is 60.0 Å². The molecule has 4 aliphatic heterocycles. The number of likely N-dealkylation sites (N-methyl/N-ethyl adjacent to an activating group) is 6. The number of morpholine rings is 1. The van der Waals surface area contributed by atoms with Gasteiger partial charge in [-0.15, -0.1) is 0 Å². The van der Waals surface area contributed by atoms with Gasteiger partial charge in [-0.1, -0.05) is 114 Å². The second kappa shape index (κ2) is 35.2. The monoisotopic (exact) mass is 1430 g/mol. The smallest absolute Gasteiger partial charge is 0.378 e. The molecule has 3 N–H and O–H groups in total. The van der Waals surface area contributed by atoms with Crippen molar-refractivity contribution in [3.63, 3.8) is 0 Å². The minimum Gasteiger partial charge on any atom is -0.378 e. The lowest BCUT2D eigenvalue weighted by Gasteiger charge is -2.42. The first-order valence-electron chi connectivity index (χ1n) is 36.2. The normalized spacial score (nSPS) is 26.6. The molecule has 8 rings (SSSR count). The van der Waals surface area contributed by atoms with Crippen LogP contribution in [0.2, 0.25) is 0 Å². The van der Waals surface area contributed by atoms with E-state index in [1.807, 2.05) is 20.8 Å². The van der Waals surface area contributed by atoms with Crippen molar-refractivity contribution < 1.29 is 75.4 Å². The first kappa shape index (κ1) is 79.3. The number of carbonyl (C=O) groups excluding carboxylic acids is 12. The molecule has 102 heavy (non-hydrogen) atoms. The van der Waals surface area contributed by atoms with E-state index in [9.17, 15) is 32.3 Å². The Labute approximate surface area is 596 Å². The summed E-state index contributed by atoms with van der Waals surface area (Å²) in [5.74, 6) is -9.06. The summed E-state index contributed by atoms with van der Waals surface area (Å²) in [6.07, 6.45) is 2.82. The molecule has 1 spiro atoms. The van der Waals surface area contributed by atoms with Crippen LogP contribution < -0.4 is 16.0 Å². The number of benzene rings is 2. The summed E-state index contributed by atoms with van der Waals surface area (Å²) < 4.78 is 46.8. The maximum atomic E-state index is 15.7. The molecular formula is C74H105F3N12O13. The van der Waals surface area contributed by atoms with Crippen LogP contribution >= 0.6 is 0 Å². The molecule has 2 saturated carbocycles. The zero-order valence-electron chi connectivity index (χ0n) is 60.8. The van der Waals surface area contributed by atoms with E-state index in [1.165, 1.54) is 88.7 Å². The molecule has 25 nitrogen and oxygen atoms in total. The molecular weight excluding hydrogens is 1320 g/mol. The third-order valence-corrected chi connectivity index (χ3v) is 21.7. The summed E-state index contributed by atoms with van der Waals surface area (Å²) in [6.45, 7) is 6.73. The predicted molar refractivity (Wildman–Crippen MR) is 371 cm³/mol. The third kappa shape index (κ3) is 19.0. The predicted octanol–water partition coefficient (Wildman–Crippen LogP) is 4.20. The molecule has 6 aliphatic rings. The zero-order chi connectivity index (χ0) is 74.5. The molecule has 2 aromatic carbocycles. The lowest BCUT2D eigenvalue weighted by molar-refractivity contribution is -0.157. The van der Waals surface area contributed by atoms with E-state index >= 15 is 38.4 Å². The van der Waals surface area contributed by atoms with E-state index in [-0.39, 0.29) is 96.7 Å². The maximum Gasteiger partial charge on any atom is 0.416 e. The fraction of sp³-hybridized carbons (Fsp3) is 0.649.